The van der Waals surface area contributed by atoms with Crippen molar-refractivity contribution in [2.24, 2.45) is 13.0 Å². The molecule has 6 heteroatoms. The SMILES string of the molecule is CCNC1COCC1C(=O)Nc1cn(C)nc1CC. The molecule has 0 bridgehead atoms. The van der Waals surface area contributed by atoms with E-state index in [0.29, 0.717) is 13.2 Å². The maximum absolute atomic E-state index is 12.3. The third kappa shape index (κ3) is 3.13. The molecule has 106 valence electrons. The molecule has 1 aromatic rings. The molecule has 2 heterocycles. The highest BCUT2D eigenvalue weighted by atomic mass is 16.5. The first kappa shape index (κ1) is 14.0. The van der Waals surface area contributed by atoms with Crippen LogP contribution in [0.4, 0.5) is 5.69 Å². The van der Waals surface area contributed by atoms with E-state index >= 15 is 0 Å². The molecule has 1 aliphatic rings. The first-order valence-electron chi connectivity index (χ1n) is 6.80. The third-order valence-corrected chi connectivity index (χ3v) is 3.38. The van der Waals surface area contributed by atoms with Crippen LogP contribution in [0.2, 0.25) is 0 Å². The Hall–Kier alpha value is -1.40. The maximum atomic E-state index is 12.3. The van der Waals surface area contributed by atoms with Crippen LogP contribution in [0.15, 0.2) is 6.20 Å². The zero-order valence-electron chi connectivity index (χ0n) is 11.8. The number of rotatable bonds is 5. The van der Waals surface area contributed by atoms with Gasteiger partial charge in [-0.25, -0.2) is 0 Å². The topological polar surface area (TPSA) is 68.2 Å². The summed E-state index contributed by atoms with van der Waals surface area (Å²) in [5.41, 5.74) is 1.71. The van der Waals surface area contributed by atoms with Crippen LogP contribution in [-0.4, -0.2) is 41.5 Å². The molecule has 1 fully saturated rings. The van der Waals surface area contributed by atoms with Gasteiger partial charge in [0.25, 0.3) is 0 Å². The van der Waals surface area contributed by atoms with Gasteiger partial charge in [0.05, 0.1) is 30.5 Å². The van der Waals surface area contributed by atoms with Crippen LogP contribution in [0.5, 0.6) is 0 Å². The molecule has 0 radical (unpaired) electrons. The van der Waals surface area contributed by atoms with Gasteiger partial charge in [-0.3, -0.25) is 9.48 Å². The molecular weight excluding hydrogens is 244 g/mol. The Labute approximate surface area is 113 Å². The van der Waals surface area contributed by atoms with Crippen molar-refractivity contribution < 1.29 is 9.53 Å². The van der Waals surface area contributed by atoms with E-state index in [1.165, 1.54) is 0 Å². The second-order valence-corrected chi connectivity index (χ2v) is 4.81. The fraction of sp³-hybridized carbons (Fsp3) is 0.692. The number of nitrogens with one attached hydrogen (secondary N) is 2. The van der Waals surface area contributed by atoms with Crippen molar-refractivity contribution in [3.63, 3.8) is 0 Å². The zero-order chi connectivity index (χ0) is 13.8. The van der Waals surface area contributed by atoms with Crippen LogP contribution in [-0.2, 0) is 23.0 Å². The number of nitrogens with zero attached hydrogens (tertiary/aromatic N) is 2. The van der Waals surface area contributed by atoms with E-state index < -0.39 is 0 Å². The predicted octanol–water partition coefficient (Wildman–Crippen LogP) is 0.546. The minimum absolute atomic E-state index is 0.00569. The van der Waals surface area contributed by atoms with Gasteiger partial charge in [-0.05, 0) is 13.0 Å². The Bertz CT molecular complexity index is 444. The number of hydrogen-bond donors (Lipinski definition) is 2. The number of aryl methyl sites for hydroxylation is 2. The number of likely N-dealkylation sites (N-methyl/N-ethyl adjacent to an activating group) is 1. The van der Waals surface area contributed by atoms with Crippen LogP contribution < -0.4 is 10.6 Å². The Balaban J connectivity index is 2.03. The van der Waals surface area contributed by atoms with Gasteiger partial charge < -0.3 is 15.4 Å². The van der Waals surface area contributed by atoms with Gasteiger partial charge >= 0.3 is 0 Å². The molecule has 1 saturated heterocycles. The van der Waals surface area contributed by atoms with Crippen molar-refractivity contribution in [3.8, 4) is 0 Å². The van der Waals surface area contributed by atoms with Crippen molar-refractivity contribution in [3.05, 3.63) is 11.9 Å². The van der Waals surface area contributed by atoms with Gasteiger partial charge in [0, 0.05) is 19.3 Å². The molecule has 0 saturated carbocycles. The second-order valence-electron chi connectivity index (χ2n) is 4.81. The summed E-state index contributed by atoms with van der Waals surface area (Å²) in [5, 5.41) is 10.6. The lowest BCUT2D eigenvalue weighted by Crippen LogP contribution is -2.41. The summed E-state index contributed by atoms with van der Waals surface area (Å²) in [6.07, 6.45) is 2.64. The lowest BCUT2D eigenvalue weighted by molar-refractivity contribution is -0.120. The van der Waals surface area contributed by atoms with E-state index in [0.717, 1.165) is 24.3 Å². The van der Waals surface area contributed by atoms with Gasteiger partial charge in [-0.1, -0.05) is 13.8 Å². The fourth-order valence-corrected chi connectivity index (χ4v) is 2.40. The van der Waals surface area contributed by atoms with Crippen LogP contribution >= 0.6 is 0 Å². The second kappa shape index (κ2) is 6.16. The minimum atomic E-state index is -0.134. The summed E-state index contributed by atoms with van der Waals surface area (Å²) in [5.74, 6) is -0.129. The summed E-state index contributed by atoms with van der Waals surface area (Å²) >= 11 is 0. The normalized spacial score (nSPS) is 22.7. The van der Waals surface area contributed by atoms with E-state index in [9.17, 15) is 4.79 Å². The number of anilines is 1. The lowest BCUT2D eigenvalue weighted by atomic mass is 10.0. The standard InChI is InChI=1S/C13H22N4O2/c1-4-10-11(6-17(3)16-10)15-13(18)9-7-19-8-12(9)14-5-2/h6,9,12,14H,4-5,7-8H2,1-3H3,(H,15,18). The summed E-state index contributed by atoms with van der Waals surface area (Å²) in [6, 6.07) is 0.103. The highest BCUT2D eigenvalue weighted by molar-refractivity contribution is 5.93. The fourth-order valence-electron chi connectivity index (χ4n) is 2.40. The Morgan fingerprint density at radius 3 is 3.00 bits per heavy atom. The number of ether oxygens (including phenoxy) is 1. The number of amides is 1. The van der Waals surface area contributed by atoms with E-state index in [4.69, 9.17) is 4.74 Å². The average Bonchev–Trinajstić information content (AvgIpc) is 2.96. The van der Waals surface area contributed by atoms with Crippen molar-refractivity contribution >= 4 is 11.6 Å². The van der Waals surface area contributed by atoms with Crippen LogP contribution in [0, 0.1) is 5.92 Å². The monoisotopic (exact) mass is 266 g/mol. The Morgan fingerprint density at radius 1 is 1.53 bits per heavy atom. The molecule has 1 aliphatic heterocycles. The summed E-state index contributed by atoms with van der Waals surface area (Å²) in [6.45, 7) is 5.97. The molecule has 0 spiro atoms. The highest BCUT2D eigenvalue weighted by Crippen LogP contribution is 2.19. The molecular formula is C13H22N4O2. The predicted molar refractivity (Wildman–Crippen MR) is 73.0 cm³/mol. The third-order valence-electron chi connectivity index (χ3n) is 3.38. The average molecular weight is 266 g/mol. The van der Waals surface area contributed by atoms with Crippen molar-refractivity contribution in [2.45, 2.75) is 26.3 Å². The highest BCUT2D eigenvalue weighted by Gasteiger charge is 2.33. The largest absolute Gasteiger partial charge is 0.379 e. The molecule has 2 unspecified atom stereocenters. The number of aromatic nitrogens is 2. The summed E-state index contributed by atoms with van der Waals surface area (Å²) in [4.78, 5) is 12.3. The van der Waals surface area contributed by atoms with E-state index in [-0.39, 0.29) is 17.9 Å². The van der Waals surface area contributed by atoms with E-state index in [2.05, 4.69) is 15.7 Å². The smallest absolute Gasteiger partial charge is 0.231 e. The summed E-state index contributed by atoms with van der Waals surface area (Å²) < 4.78 is 7.12. The molecule has 0 aromatic carbocycles. The van der Waals surface area contributed by atoms with Crippen molar-refractivity contribution in [1.82, 2.24) is 15.1 Å². The van der Waals surface area contributed by atoms with Crippen LogP contribution in [0.25, 0.3) is 0 Å². The Kier molecular flexibility index (Phi) is 4.55. The van der Waals surface area contributed by atoms with Crippen molar-refractivity contribution in [1.29, 1.82) is 0 Å². The minimum Gasteiger partial charge on any atom is -0.379 e. The van der Waals surface area contributed by atoms with E-state index in [1.807, 2.05) is 27.1 Å². The van der Waals surface area contributed by atoms with Gasteiger partial charge in [0.15, 0.2) is 0 Å². The van der Waals surface area contributed by atoms with Crippen LogP contribution in [0.3, 0.4) is 0 Å². The number of carbonyl (C=O) groups excluding carboxylic acids is 1. The van der Waals surface area contributed by atoms with Crippen LogP contribution in [0.1, 0.15) is 19.5 Å². The molecule has 1 amide bonds. The van der Waals surface area contributed by atoms with Gasteiger partial charge in [0.1, 0.15) is 0 Å². The molecule has 0 aliphatic carbocycles. The summed E-state index contributed by atoms with van der Waals surface area (Å²) in [7, 11) is 1.86. The number of carbonyl (C=O) groups is 1. The quantitative estimate of drug-likeness (QED) is 0.816. The van der Waals surface area contributed by atoms with Crippen molar-refractivity contribution in [2.75, 3.05) is 25.1 Å². The van der Waals surface area contributed by atoms with Gasteiger partial charge in [-0.2, -0.15) is 5.10 Å². The zero-order valence-corrected chi connectivity index (χ0v) is 11.8. The number of hydrogen-bond acceptors (Lipinski definition) is 4. The molecule has 2 atom stereocenters. The van der Waals surface area contributed by atoms with Gasteiger partial charge in [-0.15, -0.1) is 0 Å². The molecule has 2 N–H and O–H groups in total. The molecule has 1 aromatic heterocycles. The maximum Gasteiger partial charge on any atom is 0.231 e. The first-order valence-corrected chi connectivity index (χ1v) is 6.80. The molecule has 6 nitrogen and oxygen atoms in total. The molecule has 19 heavy (non-hydrogen) atoms. The lowest BCUT2D eigenvalue weighted by Gasteiger charge is -2.17. The molecule has 2 rings (SSSR count). The Morgan fingerprint density at radius 2 is 2.32 bits per heavy atom. The van der Waals surface area contributed by atoms with Gasteiger partial charge in [0.2, 0.25) is 5.91 Å². The first-order chi connectivity index (χ1) is 9.15. The van der Waals surface area contributed by atoms with E-state index in [1.54, 1.807) is 4.68 Å².